The third kappa shape index (κ3) is 5.05. The fraction of sp³-hybridized carbons (Fsp3) is 0.750. The van der Waals surface area contributed by atoms with Crippen molar-refractivity contribution < 1.29 is 0 Å². The van der Waals surface area contributed by atoms with Crippen LogP contribution in [0, 0.1) is 13.8 Å². The van der Waals surface area contributed by atoms with Crippen LogP contribution in [0.4, 0.5) is 0 Å². The summed E-state index contributed by atoms with van der Waals surface area (Å²) in [4.78, 5) is 8.09. The third-order valence-corrected chi connectivity index (χ3v) is 3.68. The van der Waals surface area contributed by atoms with Gasteiger partial charge < -0.3 is 10.2 Å². The van der Waals surface area contributed by atoms with Crippen molar-refractivity contribution in [3.8, 4) is 0 Å². The van der Waals surface area contributed by atoms with Crippen LogP contribution in [0.2, 0.25) is 0 Å². The highest BCUT2D eigenvalue weighted by Crippen LogP contribution is 2.16. The van der Waals surface area contributed by atoms with Crippen LogP contribution in [0.3, 0.4) is 0 Å². The largest absolute Gasteiger partial charge is 0.316 e. The monoisotopic (exact) mass is 241 g/mol. The molecular weight excluding hydrogens is 218 g/mol. The summed E-state index contributed by atoms with van der Waals surface area (Å²) >= 11 is 1.82. The highest BCUT2D eigenvalue weighted by Gasteiger charge is 2.02. The van der Waals surface area contributed by atoms with Gasteiger partial charge >= 0.3 is 0 Å². The fourth-order valence-corrected chi connectivity index (χ4v) is 2.42. The summed E-state index contributed by atoms with van der Waals surface area (Å²) in [5, 5.41) is 4.72. The minimum atomic E-state index is 1.04. The molecule has 0 saturated heterocycles. The minimum Gasteiger partial charge on any atom is -0.316 e. The number of nitrogens with one attached hydrogen (secondary N) is 1. The van der Waals surface area contributed by atoms with Gasteiger partial charge in [0.15, 0.2) is 0 Å². The molecule has 3 nitrogen and oxygen atoms in total. The fourth-order valence-electron chi connectivity index (χ4n) is 1.49. The number of aromatic nitrogens is 1. The number of aryl methyl sites for hydroxylation is 2. The van der Waals surface area contributed by atoms with Gasteiger partial charge in [-0.05, 0) is 47.5 Å². The molecule has 1 N–H and O–H groups in total. The van der Waals surface area contributed by atoms with Gasteiger partial charge in [-0.25, -0.2) is 4.98 Å². The molecule has 1 aromatic heterocycles. The van der Waals surface area contributed by atoms with Crippen molar-refractivity contribution >= 4 is 11.3 Å². The van der Waals surface area contributed by atoms with Crippen LogP contribution in [0.1, 0.15) is 22.0 Å². The maximum absolute atomic E-state index is 4.53. The van der Waals surface area contributed by atoms with Crippen LogP contribution in [-0.2, 0) is 6.42 Å². The van der Waals surface area contributed by atoms with Gasteiger partial charge in [0.2, 0.25) is 0 Å². The van der Waals surface area contributed by atoms with Gasteiger partial charge in [0.1, 0.15) is 0 Å². The Balaban J connectivity index is 2.07. The van der Waals surface area contributed by atoms with Gasteiger partial charge in [0, 0.05) is 17.8 Å². The van der Waals surface area contributed by atoms with Crippen molar-refractivity contribution in [1.82, 2.24) is 15.2 Å². The zero-order valence-corrected chi connectivity index (χ0v) is 11.7. The van der Waals surface area contributed by atoms with E-state index in [1.165, 1.54) is 22.0 Å². The molecule has 0 aliphatic heterocycles. The van der Waals surface area contributed by atoms with E-state index < -0.39 is 0 Å². The molecule has 0 atom stereocenters. The van der Waals surface area contributed by atoms with Crippen molar-refractivity contribution in [3.05, 3.63) is 15.6 Å². The summed E-state index contributed by atoms with van der Waals surface area (Å²) < 4.78 is 0. The molecule has 1 heterocycles. The smallest absolute Gasteiger partial charge is 0.0943 e. The van der Waals surface area contributed by atoms with E-state index in [9.17, 15) is 0 Å². The maximum atomic E-state index is 4.53. The molecule has 4 heteroatoms. The van der Waals surface area contributed by atoms with E-state index in [2.05, 4.69) is 43.1 Å². The lowest BCUT2D eigenvalue weighted by Gasteiger charge is -2.09. The Morgan fingerprint density at radius 2 is 2.00 bits per heavy atom. The average Bonchev–Trinajstić information content (AvgIpc) is 2.52. The SMILES string of the molecule is Cc1nc(CCNCCCN(C)C)sc1C. The Morgan fingerprint density at radius 1 is 1.25 bits per heavy atom. The summed E-state index contributed by atoms with van der Waals surface area (Å²) in [7, 11) is 4.22. The lowest BCUT2D eigenvalue weighted by molar-refractivity contribution is 0.395. The summed E-state index contributed by atoms with van der Waals surface area (Å²) in [5.41, 5.74) is 1.19. The normalized spacial score (nSPS) is 11.3. The Hall–Kier alpha value is -0.450. The first-order valence-electron chi connectivity index (χ1n) is 5.88. The molecule has 1 aromatic rings. The van der Waals surface area contributed by atoms with Gasteiger partial charge in [0.05, 0.1) is 10.7 Å². The van der Waals surface area contributed by atoms with E-state index in [1.54, 1.807) is 0 Å². The Kier molecular flexibility index (Phi) is 5.95. The van der Waals surface area contributed by atoms with Gasteiger partial charge in [-0.1, -0.05) is 0 Å². The Bertz CT molecular complexity index is 288. The number of hydrogen-bond acceptors (Lipinski definition) is 4. The van der Waals surface area contributed by atoms with E-state index in [4.69, 9.17) is 0 Å². The summed E-state index contributed by atoms with van der Waals surface area (Å²) in [6.07, 6.45) is 2.27. The third-order valence-electron chi connectivity index (χ3n) is 2.55. The first kappa shape index (κ1) is 13.6. The van der Waals surface area contributed by atoms with Crippen LogP contribution in [0.5, 0.6) is 0 Å². The van der Waals surface area contributed by atoms with Crippen LogP contribution < -0.4 is 5.32 Å². The molecule has 0 aromatic carbocycles. The second-order valence-electron chi connectivity index (χ2n) is 4.41. The van der Waals surface area contributed by atoms with E-state index in [0.717, 1.165) is 26.1 Å². The van der Waals surface area contributed by atoms with Gasteiger partial charge in [-0.2, -0.15) is 0 Å². The second kappa shape index (κ2) is 6.99. The molecule has 0 aliphatic rings. The van der Waals surface area contributed by atoms with Crippen molar-refractivity contribution in [3.63, 3.8) is 0 Å². The van der Waals surface area contributed by atoms with Crippen molar-refractivity contribution in [2.24, 2.45) is 0 Å². The van der Waals surface area contributed by atoms with Gasteiger partial charge in [-0.3, -0.25) is 0 Å². The molecule has 0 aliphatic carbocycles. The van der Waals surface area contributed by atoms with Crippen molar-refractivity contribution in [2.45, 2.75) is 26.7 Å². The van der Waals surface area contributed by atoms with Gasteiger partial charge in [-0.15, -0.1) is 11.3 Å². The second-order valence-corrected chi connectivity index (χ2v) is 5.69. The molecule has 0 fully saturated rings. The maximum Gasteiger partial charge on any atom is 0.0943 e. The first-order chi connectivity index (χ1) is 7.59. The molecule has 0 amide bonds. The van der Waals surface area contributed by atoms with Crippen LogP contribution >= 0.6 is 11.3 Å². The van der Waals surface area contributed by atoms with E-state index in [0.29, 0.717) is 0 Å². The molecule has 0 radical (unpaired) electrons. The molecule has 0 bridgehead atoms. The number of nitrogens with zero attached hydrogens (tertiary/aromatic N) is 2. The average molecular weight is 241 g/mol. The standard InChI is InChI=1S/C12H23N3S/c1-10-11(2)16-12(14-10)6-8-13-7-5-9-15(3)4/h13H,5-9H2,1-4H3. The molecule has 1 rings (SSSR count). The first-order valence-corrected chi connectivity index (χ1v) is 6.69. The predicted molar refractivity (Wildman–Crippen MR) is 71.3 cm³/mol. The molecule has 0 saturated carbocycles. The summed E-state index contributed by atoms with van der Waals surface area (Å²) in [6.45, 7) is 7.52. The van der Waals surface area contributed by atoms with Gasteiger partial charge in [0.25, 0.3) is 0 Å². The zero-order chi connectivity index (χ0) is 12.0. The Morgan fingerprint density at radius 3 is 2.56 bits per heavy atom. The number of thiazole rings is 1. The van der Waals surface area contributed by atoms with Crippen LogP contribution in [0.15, 0.2) is 0 Å². The quantitative estimate of drug-likeness (QED) is 0.738. The van der Waals surface area contributed by atoms with Crippen LogP contribution in [0.25, 0.3) is 0 Å². The molecule has 0 spiro atoms. The lowest BCUT2D eigenvalue weighted by atomic mass is 10.3. The minimum absolute atomic E-state index is 1.04. The van der Waals surface area contributed by atoms with E-state index in [1.807, 2.05) is 11.3 Å². The number of hydrogen-bond donors (Lipinski definition) is 1. The molecular formula is C12H23N3S. The topological polar surface area (TPSA) is 28.2 Å². The highest BCUT2D eigenvalue weighted by atomic mass is 32.1. The van der Waals surface area contributed by atoms with E-state index >= 15 is 0 Å². The van der Waals surface area contributed by atoms with Crippen molar-refractivity contribution in [1.29, 1.82) is 0 Å². The van der Waals surface area contributed by atoms with E-state index in [-0.39, 0.29) is 0 Å². The lowest BCUT2D eigenvalue weighted by Crippen LogP contribution is -2.23. The highest BCUT2D eigenvalue weighted by molar-refractivity contribution is 7.11. The molecule has 92 valence electrons. The predicted octanol–water partition coefficient (Wildman–Crippen LogP) is 1.84. The zero-order valence-electron chi connectivity index (χ0n) is 10.8. The van der Waals surface area contributed by atoms with Crippen LogP contribution in [-0.4, -0.2) is 43.6 Å². The summed E-state index contributed by atoms with van der Waals surface area (Å²) in [5.74, 6) is 0. The molecule has 0 unspecified atom stereocenters. The Labute approximate surface area is 103 Å². The number of rotatable bonds is 7. The summed E-state index contributed by atoms with van der Waals surface area (Å²) in [6, 6.07) is 0. The molecule has 16 heavy (non-hydrogen) atoms. The van der Waals surface area contributed by atoms with Crippen molar-refractivity contribution in [2.75, 3.05) is 33.7 Å².